The molecule has 1 aliphatic rings. The van der Waals surface area contributed by atoms with Crippen molar-refractivity contribution in [1.29, 1.82) is 0 Å². The van der Waals surface area contributed by atoms with Gasteiger partial charge in [0.05, 0.1) is 18.6 Å². The first-order chi connectivity index (χ1) is 14.0. The van der Waals surface area contributed by atoms with E-state index in [4.69, 9.17) is 20.8 Å². The Morgan fingerprint density at radius 1 is 1.03 bits per heavy atom. The highest BCUT2D eigenvalue weighted by Crippen LogP contribution is 2.34. The van der Waals surface area contributed by atoms with Gasteiger partial charge in [0, 0.05) is 10.6 Å². The molecule has 29 heavy (non-hydrogen) atoms. The molecule has 1 saturated heterocycles. The number of imide groups is 1. The number of carbonyl (C=O) groups is 2. The second kappa shape index (κ2) is 8.19. The van der Waals surface area contributed by atoms with Crippen LogP contribution in [0, 0.1) is 0 Å². The molecule has 0 bridgehead atoms. The van der Waals surface area contributed by atoms with Gasteiger partial charge in [0.1, 0.15) is 17.3 Å². The molecule has 2 amide bonds. The Hall–Kier alpha value is -2.96. The van der Waals surface area contributed by atoms with E-state index < -0.39 is 0 Å². The number of nitrogens with zero attached hydrogens (tertiary/aromatic N) is 1. The van der Waals surface area contributed by atoms with Crippen LogP contribution in [-0.4, -0.2) is 23.2 Å². The molecule has 1 fully saturated rings. The van der Waals surface area contributed by atoms with Crippen LogP contribution in [0.3, 0.4) is 0 Å². The van der Waals surface area contributed by atoms with Crippen LogP contribution in [0.5, 0.6) is 5.75 Å². The van der Waals surface area contributed by atoms with E-state index >= 15 is 0 Å². The molecule has 146 valence electrons. The first-order valence-corrected chi connectivity index (χ1v) is 9.97. The third-order valence-electron chi connectivity index (χ3n) is 4.39. The maximum atomic E-state index is 12.7. The quantitative estimate of drug-likeness (QED) is 0.480. The minimum Gasteiger partial charge on any atom is -0.497 e. The number of thioether (sulfide) groups is 1. The highest BCUT2D eigenvalue weighted by molar-refractivity contribution is 8.18. The Balaban J connectivity index is 1.49. The van der Waals surface area contributed by atoms with E-state index in [-0.39, 0.29) is 17.7 Å². The van der Waals surface area contributed by atoms with Crippen molar-refractivity contribution in [2.45, 2.75) is 6.54 Å². The second-order valence-corrected chi connectivity index (χ2v) is 7.74. The highest BCUT2D eigenvalue weighted by Gasteiger charge is 2.35. The van der Waals surface area contributed by atoms with E-state index in [1.807, 2.05) is 30.3 Å². The zero-order valence-corrected chi connectivity index (χ0v) is 17.0. The zero-order valence-electron chi connectivity index (χ0n) is 15.4. The molecule has 7 heteroatoms. The number of amides is 2. The highest BCUT2D eigenvalue weighted by atomic mass is 35.5. The van der Waals surface area contributed by atoms with Gasteiger partial charge in [-0.15, -0.1) is 0 Å². The van der Waals surface area contributed by atoms with Crippen LogP contribution in [0.1, 0.15) is 11.3 Å². The summed E-state index contributed by atoms with van der Waals surface area (Å²) in [6.45, 7) is 0.0816. The molecule has 0 N–H and O–H groups in total. The van der Waals surface area contributed by atoms with E-state index in [1.165, 1.54) is 4.90 Å². The molecule has 4 rings (SSSR count). The third-order valence-corrected chi connectivity index (χ3v) is 5.55. The average molecular weight is 426 g/mol. The van der Waals surface area contributed by atoms with Crippen LogP contribution in [-0.2, 0) is 11.3 Å². The molecule has 0 unspecified atom stereocenters. The van der Waals surface area contributed by atoms with Gasteiger partial charge in [-0.2, -0.15) is 0 Å². The van der Waals surface area contributed by atoms with Crippen LogP contribution in [0.4, 0.5) is 4.79 Å². The SMILES string of the molecule is COc1ccc(/C=C2\SC(=O)N(Cc3ccc(-c4ccc(Cl)cc4)o3)C2=O)cc1. The normalized spacial score (nSPS) is 15.4. The van der Waals surface area contributed by atoms with Gasteiger partial charge in [0.25, 0.3) is 11.1 Å². The summed E-state index contributed by atoms with van der Waals surface area (Å²) >= 11 is 6.83. The minimum absolute atomic E-state index is 0.0816. The van der Waals surface area contributed by atoms with Crippen molar-refractivity contribution in [3.8, 4) is 17.1 Å². The van der Waals surface area contributed by atoms with Crippen LogP contribution in [0.15, 0.2) is 70.0 Å². The number of halogens is 1. The van der Waals surface area contributed by atoms with Crippen LogP contribution in [0.25, 0.3) is 17.4 Å². The Morgan fingerprint density at radius 3 is 2.45 bits per heavy atom. The number of benzene rings is 2. The van der Waals surface area contributed by atoms with Crippen molar-refractivity contribution < 1.29 is 18.7 Å². The summed E-state index contributed by atoms with van der Waals surface area (Å²) in [6, 6.07) is 18.1. The largest absolute Gasteiger partial charge is 0.497 e. The number of carbonyl (C=O) groups excluding carboxylic acids is 2. The summed E-state index contributed by atoms with van der Waals surface area (Å²) < 4.78 is 10.9. The zero-order chi connectivity index (χ0) is 20.4. The minimum atomic E-state index is -0.333. The summed E-state index contributed by atoms with van der Waals surface area (Å²) in [5, 5.41) is 0.321. The maximum Gasteiger partial charge on any atom is 0.293 e. The Kier molecular flexibility index (Phi) is 5.47. The van der Waals surface area contributed by atoms with Crippen molar-refractivity contribution in [2.75, 3.05) is 7.11 Å². The van der Waals surface area contributed by atoms with Gasteiger partial charge in [-0.25, -0.2) is 0 Å². The molecule has 2 heterocycles. The fourth-order valence-corrected chi connectivity index (χ4v) is 3.84. The van der Waals surface area contributed by atoms with E-state index in [9.17, 15) is 9.59 Å². The van der Waals surface area contributed by atoms with Crippen molar-refractivity contribution in [2.24, 2.45) is 0 Å². The summed E-state index contributed by atoms with van der Waals surface area (Å²) in [5.74, 6) is 1.57. The van der Waals surface area contributed by atoms with E-state index in [1.54, 1.807) is 43.5 Å². The molecule has 1 aromatic heterocycles. The third kappa shape index (κ3) is 4.23. The molecule has 5 nitrogen and oxygen atoms in total. The van der Waals surface area contributed by atoms with E-state index in [2.05, 4.69) is 0 Å². The first kappa shape index (κ1) is 19.4. The smallest absolute Gasteiger partial charge is 0.293 e. The first-order valence-electron chi connectivity index (χ1n) is 8.77. The second-order valence-electron chi connectivity index (χ2n) is 6.31. The lowest BCUT2D eigenvalue weighted by Crippen LogP contribution is -2.27. The number of ether oxygens (including phenoxy) is 1. The molecular formula is C22H16ClNO4S. The molecular weight excluding hydrogens is 410 g/mol. The van der Waals surface area contributed by atoms with Crippen LogP contribution >= 0.6 is 23.4 Å². The molecule has 0 saturated carbocycles. The number of hydrogen-bond acceptors (Lipinski definition) is 5. The summed E-state index contributed by atoms with van der Waals surface area (Å²) in [7, 11) is 1.59. The van der Waals surface area contributed by atoms with Gasteiger partial charge in [0.2, 0.25) is 0 Å². The maximum absolute atomic E-state index is 12.7. The number of methoxy groups -OCH3 is 1. The summed E-state index contributed by atoms with van der Waals surface area (Å²) in [4.78, 5) is 26.6. The van der Waals surface area contributed by atoms with E-state index in [0.29, 0.717) is 21.4 Å². The standard InChI is InChI=1S/C22H16ClNO4S/c1-27-17-8-2-14(3-9-17)12-20-21(25)24(22(26)29-20)13-18-10-11-19(28-18)15-4-6-16(23)7-5-15/h2-12H,13H2,1H3/b20-12-. The Labute approximate surface area is 176 Å². The predicted molar refractivity (Wildman–Crippen MR) is 114 cm³/mol. The Morgan fingerprint density at radius 2 is 1.76 bits per heavy atom. The summed E-state index contributed by atoms with van der Waals surface area (Å²) in [5.41, 5.74) is 1.69. The molecule has 0 spiro atoms. The monoisotopic (exact) mass is 425 g/mol. The van der Waals surface area contributed by atoms with E-state index in [0.717, 1.165) is 28.6 Å². The van der Waals surface area contributed by atoms with Crippen molar-refractivity contribution in [3.63, 3.8) is 0 Å². The Bertz CT molecular complexity index is 1090. The fourth-order valence-electron chi connectivity index (χ4n) is 2.88. The van der Waals surface area contributed by atoms with Crippen molar-refractivity contribution in [3.05, 3.63) is 81.9 Å². The van der Waals surface area contributed by atoms with Gasteiger partial charge in [-0.3, -0.25) is 14.5 Å². The lowest BCUT2D eigenvalue weighted by molar-refractivity contribution is -0.123. The predicted octanol–water partition coefficient (Wildman–Crippen LogP) is 5.85. The van der Waals surface area contributed by atoms with Crippen molar-refractivity contribution >= 4 is 40.6 Å². The van der Waals surface area contributed by atoms with Gasteiger partial charge in [-0.1, -0.05) is 23.7 Å². The molecule has 0 radical (unpaired) electrons. The van der Waals surface area contributed by atoms with Crippen molar-refractivity contribution in [1.82, 2.24) is 4.90 Å². The van der Waals surface area contributed by atoms with Crippen LogP contribution < -0.4 is 4.74 Å². The molecule has 0 atom stereocenters. The average Bonchev–Trinajstić information content (AvgIpc) is 3.30. The number of furan rings is 1. The lowest BCUT2D eigenvalue weighted by atomic mass is 10.2. The molecule has 2 aromatic carbocycles. The number of hydrogen-bond donors (Lipinski definition) is 0. The number of rotatable bonds is 5. The molecule has 3 aromatic rings. The van der Waals surface area contributed by atoms with Gasteiger partial charge in [-0.05, 0) is 71.9 Å². The van der Waals surface area contributed by atoms with Gasteiger partial charge >= 0.3 is 0 Å². The topological polar surface area (TPSA) is 59.8 Å². The van der Waals surface area contributed by atoms with Gasteiger partial charge in [0.15, 0.2) is 0 Å². The van der Waals surface area contributed by atoms with Gasteiger partial charge < -0.3 is 9.15 Å². The summed E-state index contributed by atoms with van der Waals surface area (Å²) in [6.07, 6.45) is 1.70. The van der Waals surface area contributed by atoms with Crippen LogP contribution in [0.2, 0.25) is 5.02 Å². The lowest BCUT2D eigenvalue weighted by Gasteiger charge is -2.10. The molecule has 1 aliphatic heterocycles. The fraction of sp³-hybridized carbons (Fsp3) is 0.0909. The molecule has 0 aliphatic carbocycles.